The minimum Gasteiger partial charge on any atom is -0.487 e. The molecule has 0 unspecified atom stereocenters. The second-order valence-corrected chi connectivity index (χ2v) is 8.70. The number of hydrogen-bond acceptors (Lipinski definition) is 3. The molecule has 0 heterocycles. The Morgan fingerprint density at radius 3 is 2.55 bits per heavy atom. The van der Waals surface area contributed by atoms with E-state index in [1.54, 1.807) is 43.3 Å². The van der Waals surface area contributed by atoms with E-state index < -0.39 is 5.91 Å². The first-order valence-corrected chi connectivity index (χ1v) is 11.1. The second kappa shape index (κ2) is 10.7. The van der Waals surface area contributed by atoms with E-state index >= 15 is 0 Å². The number of carbonyl (C=O) groups excluding carboxylic acids is 1. The molecule has 7 heteroatoms. The van der Waals surface area contributed by atoms with Crippen LogP contribution in [0.25, 0.3) is 6.08 Å². The quantitative estimate of drug-likeness (QED) is 0.199. The van der Waals surface area contributed by atoms with Crippen LogP contribution in [-0.4, -0.2) is 5.91 Å². The fourth-order valence-corrected chi connectivity index (χ4v) is 3.49. The van der Waals surface area contributed by atoms with Gasteiger partial charge in [0, 0.05) is 14.3 Å². The van der Waals surface area contributed by atoms with E-state index in [1.165, 1.54) is 6.08 Å². The van der Waals surface area contributed by atoms with Crippen LogP contribution >= 0.6 is 45.8 Å². The molecule has 31 heavy (non-hydrogen) atoms. The maximum absolute atomic E-state index is 12.5. The summed E-state index contributed by atoms with van der Waals surface area (Å²) in [4.78, 5) is 12.5. The third-order valence-electron chi connectivity index (χ3n) is 4.46. The van der Waals surface area contributed by atoms with Gasteiger partial charge in [0.15, 0.2) is 0 Å². The van der Waals surface area contributed by atoms with Crippen LogP contribution in [0.2, 0.25) is 10.0 Å². The fourth-order valence-electron chi connectivity index (χ4n) is 2.71. The molecule has 0 spiro atoms. The molecule has 3 aromatic carbocycles. The fraction of sp³-hybridized carbons (Fsp3) is 0.0833. The smallest absolute Gasteiger partial charge is 0.266 e. The molecule has 0 aromatic heterocycles. The van der Waals surface area contributed by atoms with Crippen molar-refractivity contribution in [2.24, 2.45) is 0 Å². The van der Waals surface area contributed by atoms with E-state index in [9.17, 15) is 10.1 Å². The number of nitriles is 1. The molecule has 0 aliphatic carbocycles. The Labute approximate surface area is 204 Å². The minimum absolute atomic E-state index is 0.0528. The number of nitrogens with zero attached hydrogens (tertiary/aromatic N) is 1. The van der Waals surface area contributed by atoms with Crippen molar-refractivity contribution < 1.29 is 9.53 Å². The third-order valence-corrected chi connectivity index (χ3v) is 5.88. The highest BCUT2D eigenvalue weighted by Gasteiger charge is 2.12. The lowest BCUT2D eigenvalue weighted by Gasteiger charge is -2.10. The molecule has 4 nitrogen and oxygen atoms in total. The number of amides is 1. The summed E-state index contributed by atoms with van der Waals surface area (Å²) < 4.78 is 6.94. The highest BCUT2D eigenvalue weighted by Crippen LogP contribution is 2.28. The number of benzene rings is 3. The molecule has 0 aliphatic heterocycles. The molecule has 1 amide bonds. The van der Waals surface area contributed by atoms with Crippen LogP contribution in [-0.2, 0) is 11.4 Å². The van der Waals surface area contributed by atoms with Crippen molar-refractivity contribution in [1.82, 2.24) is 0 Å². The van der Waals surface area contributed by atoms with Gasteiger partial charge in [-0.15, -0.1) is 0 Å². The number of halogens is 3. The molecule has 3 rings (SSSR count). The molecule has 0 radical (unpaired) electrons. The van der Waals surface area contributed by atoms with Gasteiger partial charge in [0.1, 0.15) is 24.0 Å². The number of ether oxygens (including phenoxy) is 1. The summed E-state index contributed by atoms with van der Waals surface area (Å²) in [5.41, 5.74) is 2.87. The average Bonchev–Trinajstić information content (AvgIpc) is 2.75. The summed E-state index contributed by atoms with van der Waals surface area (Å²) in [6.07, 6.45) is 1.48. The lowest BCUT2D eigenvalue weighted by Crippen LogP contribution is -2.14. The second-order valence-electron chi connectivity index (χ2n) is 6.64. The summed E-state index contributed by atoms with van der Waals surface area (Å²) in [6.45, 7) is 2.18. The molecule has 0 aliphatic rings. The first kappa shape index (κ1) is 23.1. The van der Waals surface area contributed by atoms with Gasteiger partial charge in [0.2, 0.25) is 0 Å². The number of anilines is 1. The summed E-state index contributed by atoms with van der Waals surface area (Å²) in [7, 11) is 0. The van der Waals surface area contributed by atoms with Gasteiger partial charge < -0.3 is 10.1 Å². The van der Waals surface area contributed by atoms with Gasteiger partial charge in [0.05, 0.1) is 5.02 Å². The first-order chi connectivity index (χ1) is 14.9. The van der Waals surface area contributed by atoms with Crippen molar-refractivity contribution in [2.75, 3.05) is 5.32 Å². The van der Waals surface area contributed by atoms with E-state index in [0.717, 1.165) is 14.7 Å². The van der Waals surface area contributed by atoms with Gasteiger partial charge in [-0.2, -0.15) is 5.26 Å². The Morgan fingerprint density at radius 1 is 1.13 bits per heavy atom. The number of hydrogen-bond donors (Lipinski definition) is 1. The van der Waals surface area contributed by atoms with Crippen LogP contribution in [0.4, 0.5) is 5.69 Å². The molecule has 0 fully saturated rings. The SMILES string of the molecule is Cc1c(Cl)cccc1NC(=O)/C(C#N)=C/c1ccc(OCc2ccc(I)cc2)c(Cl)c1. The summed E-state index contributed by atoms with van der Waals surface area (Å²) in [5.74, 6) is -0.00194. The number of rotatable bonds is 6. The van der Waals surface area contributed by atoms with Crippen molar-refractivity contribution in [2.45, 2.75) is 13.5 Å². The molecule has 0 bridgehead atoms. The minimum atomic E-state index is -0.525. The van der Waals surface area contributed by atoms with Crippen LogP contribution < -0.4 is 10.1 Å². The van der Waals surface area contributed by atoms with Gasteiger partial charge in [-0.1, -0.05) is 47.5 Å². The molecular formula is C24H17Cl2IN2O2. The molecule has 0 saturated heterocycles. The lowest BCUT2D eigenvalue weighted by atomic mass is 10.1. The standard InChI is InChI=1S/C24H17Cl2IN2O2/c1-15-20(25)3-2-4-22(15)29-24(30)18(13-28)11-17-7-10-23(21(26)12-17)31-14-16-5-8-19(27)9-6-16/h2-12H,14H2,1H3,(H,29,30)/b18-11+. The molecule has 0 atom stereocenters. The van der Waals surface area contributed by atoms with Crippen LogP contribution in [0.1, 0.15) is 16.7 Å². The molecule has 156 valence electrons. The zero-order valence-electron chi connectivity index (χ0n) is 16.5. The first-order valence-electron chi connectivity index (χ1n) is 9.22. The lowest BCUT2D eigenvalue weighted by molar-refractivity contribution is -0.112. The highest BCUT2D eigenvalue weighted by atomic mass is 127. The van der Waals surface area contributed by atoms with Crippen molar-refractivity contribution in [3.8, 4) is 11.8 Å². The van der Waals surface area contributed by atoms with Crippen LogP contribution in [0.3, 0.4) is 0 Å². The van der Waals surface area contributed by atoms with Crippen molar-refractivity contribution in [3.05, 3.63) is 96.5 Å². The van der Waals surface area contributed by atoms with Crippen LogP contribution in [0, 0.1) is 21.8 Å². The Morgan fingerprint density at radius 2 is 1.87 bits per heavy atom. The van der Waals surface area contributed by atoms with E-state index in [1.807, 2.05) is 30.3 Å². The topological polar surface area (TPSA) is 62.1 Å². The van der Waals surface area contributed by atoms with E-state index in [4.69, 9.17) is 27.9 Å². The molecular weight excluding hydrogens is 546 g/mol. The van der Waals surface area contributed by atoms with Crippen molar-refractivity contribution in [3.63, 3.8) is 0 Å². The normalized spacial score (nSPS) is 11.0. The van der Waals surface area contributed by atoms with Gasteiger partial charge in [-0.05, 0) is 88.7 Å². The van der Waals surface area contributed by atoms with E-state index in [2.05, 4.69) is 27.9 Å². The Hall–Kier alpha value is -2.53. The molecule has 1 N–H and O–H groups in total. The predicted molar refractivity (Wildman–Crippen MR) is 133 cm³/mol. The van der Waals surface area contributed by atoms with Gasteiger partial charge in [-0.3, -0.25) is 4.79 Å². The zero-order valence-corrected chi connectivity index (χ0v) is 20.1. The maximum Gasteiger partial charge on any atom is 0.266 e. The highest BCUT2D eigenvalue weighted by molar-refractivity contribution is 14.1. The van der Waals surface area contributed by atoms with Crippen LogP contribution in [0.5, 0.6) is 5.75 Å². The summed E-state index contributed by atoms with van der Waals surface area (Å²) >= 11 is 14.7. The van der Waals surface area contributed by atoms with Gasteiger partial charge in [0.25, 0.3) is 5.91 Å². The van der Waals surface area contributed by atoms with Gasteiger partial charge in [-0.25, -0.2) is 0 Å². The number of nitrogens with one attached hydrogen (secondary N) is 1. The number of carbonyl (C=O) groups is 1. The average molecular weight is 563 g/mol. The van der Waals surface area contributed by atoms with Gasteiger partial charge >= 0.3 is 0 Å². The molecule has 0 saturated carbocycles. The zero-order chi connectivity index (χ0) is 22.4. The third kappa shape index (κ3) is 6.23. The van der Waals surface area contributed by atoms with E-state index in [-0.39, 0.29) is 5.57 Å². The molecule has 3 aromatic rings. The Kier molecular flexibility index (Phi) is 7.97. The largest absolute Gasteiger partial charge is 0.487 e. The van der Waals surface area contributed by atoms with Crippen molar-refractivity contribution >= 4 is 63.5 Å². The summed E-state index contributed by atoms with van der Waals surface area (Å²) in [6, 6.07) is 20.2. The van der Waals surface area contributed by atoms with E-state index in [0.29, 0.717) is 33.7 Å². The van der Waals surface area contributed by atoms with Crippen molar-refractivity contribution in [1.29, 1.82) is 5.26 Å². The predicted octanol–water partition coefficient (Wildman–Crippen LogP) is 7.03. The Bertz CT molecular complexity index is 1190. The maximum atomic E-state index is 12.5. The summed E-state index contributed by atoms with van der Waals surface area (Å²) in [5, 5.41) is 13.1. The Balaban J connectivity index is 1.72. The monoisotopic (exact) mass is 562 g/mol. The van der Waals surface area contributed by atoms with Crippen LogP contribution in [0.15, 0.2) is 66.2 Å².